The maximum Gasteiger partial charge on any atom is 0.121 e. The van der Waals surface area contributed by atoms with Gasteiger partial charge in [0.1, 0.15) is 11.5 Å². The molecule has 0 saturated carbocycles. The summed E-state index contributed by atoms with van der Waals surface area (Å²) in [7, 11) is 3.39. The van der Waals surface area contributed by atoms with E-state index in [0.717, 1.165) is 75.0 Å². The number of fused-ring (bicyclic) bond motifs is 1. The van der Waals surface area contributed by atoms with Crippen molar-refractivity contribution in [2.75, 3.05) is 60.2 Å². The van der Waals surface area contributed by atoms with Gasteiger partial charge in [-0.2, -0.15) is 0 Å². The van der Waals surface area contributed by atoms with E-state index in [1.807, 2.05) is 36.7 Å². The number of imidazole rings is 1. The highest BCUT2D eigenvalue weighted by atomic mass is 16.5. The molecule has 1 aliphatic heterocycles. The minimum absolute atomic E-state index is 0.681. The van der Waals surface area contributed by atoms with Gasteiger partial charge >= 0.3 is 0 Å². The van der Waals surface area contributed by atoms with Crippen LogP contribution in [0.4, 0.5) is 0 Å². The van der Waals surface area contributed by atoms with Crippen LogP contribution in [0.1, 0.15) is 5.56 Å². The van der Waals surface area contributed by atoms with Crippen LogP contribution in [0.15, 0.2) is 48.8 Å². The molecule has 0 bridgehead atoms. The number of nitrogens with zero attached hydrogens (tertiary/aromatic N) is 4. The lowest BCUT2D eigenvalue weighted by Gasteiger charge is -2.34. The van der Waals surface area contributed by atoms with Gasteiger partial charge < -0.3 is 18.8 Å². The molecule has 0 unspecified atom stereocenters. The van der Waals surface area contributed by atoms with Crippen LogP contribution in [0.2, 0.25) is 0 Å². The van der Waals surface area contributed by atoms with Crippen LogP contribution >= 0.6 is 0 Å². The van der Waals surface area contributed by atoms with Crippen LogP contribution in [-0.4, -0.2) is 79.5 Å². The molecule has 3 aromatic rings. The largest absolute Gasteiger partial charge is 0.497 e. The van der Waals surface area contributed by atoms with E-state index in [1.165, 1.54) is 5.56 Å². The summed E-state index contributed by atoms with van der Waals surface area (Å²) in [4.78, 5) is 9.44. The van der Waals surface area contributed by atoms with Gasteiger partial charge in [0.25, 0.3) is 0 Å². The Labute approximate surface area is 184 Å². The van der Waals surface area contributed by atoms with Gasteiger partial charge in [0.2, 0.25) is 0 Å². The Balaban J connectivity index is 1.13. The van der Waals surface area contributed by atoms with Gasteiger partial charge in [-0.25, -0.2) is 4.98 Å². The molecular weight excluding hydrogens is 392 g/mol. The fourth-order valence-electron chi connectivity index (χ4n) is 3.96. The molecule has 1 aromatic heterocycles. The van der Waals surface area contributed by atoms with Crippen molar-refractivity contribution >= 4 is 11.0 Å². The zero-order chi connectivity index (χ0) is 21.5. The molecule has 0 spiro atoms. The predicted octanol–water partition coefficient (Wildman–Crippen LogP) is 2.89. The van der Waals surface area contributed by atoms with Crippen LogP contribution in [0, 0.1) is 0 Å². The number of ether oxygens (including phenoxy) is 3. The number of rotatable bonds is 10. The summed E-state index contributed by atoms with van der Waals surface area (Å²) in [6.45, 7) is 8.57. The number of hydrogen-bond donors (Lipinski definition) is 0. The number of aromatic nitrogens is 2. The first-order valence-electron chi connectivity index (χ1n) is 10.9. The Morgan fingerprint density at radius 3 is 2.23 bits per heavy atom. The highest BCUT2D eigenvalue weighted by Crippen LogP contribution is 2.19. The third-order valence-electron chi connectivity index (χ3n) is 5.89. The number of piperazine rings is 1. The fourth-order valence-corrected chi connectivity index (χ4v) is 3.96. The van der Waals surface area contributed by atoms with Gasteiger partial charge in [0, 0.05) is 51.9 Å². The molecule has 0 atom stereocenters. The summed E-state index contributed by atoms with van der Waals surface area (Å²) in [6.07, 6.45) is 1.87. The zero-order valence-electron chi connectivity index (χ0n) is 18.5. The Kier molecular flexibility index (Phi) is 7.40. The quantitative estimate of drug-likeness (QED) is 0.467. The summed E-state index contributed by atoms with van der Waals surface area (Å²) >= 11 is 0. The highest BCUT2D eigenvalue weighted by molar-refractivity contribution is 5.77. The Morgan fingerprint density at radius 1 is 0.806 bits per heavy atom. The van der Waals surface area contributed by atoms with Crippen molar-refractivity contribution in [3.63, 3.8) is 0 Å². The van der Waals surface area contributed by atoms with E-state index < -0.39 is 0 Å². The van der Waals surface area contributed by atoms with Gasteiger partial charge in [-0.3, -0.25) is 9.80 Å². The van der Waals surface area contributed by atoms with Crippen molar-refractivity contribution < 1.29 is 14.2 Å². The standard InChI is InChI=1S/C24H32N4O3/c1-29-21-5-3-20(4-6-21)18-27-11-9-26(10-12-27)13-15-31-16-14-28-19-25-23-8-7-22(30-2)17-24(23)28/h3-8,17,19H,9-16,18H2,1-2H3. The lowest BCUT2D eigenvalue weighted by atomic mass is 10.2. The van der Waals surface area contributed by atoms with Crippen molar-refractivity contribution in [2.24, 2.45) is 0 Å². The van der Waals surface area contributed by atoms with Gasteiger partial charge in [0.15, 0.2) is 0 Å². The fraction of sp³-hybridized carbons (Fsp3) is 0.458. The first-order chi connectivity index (χ1) is 15.2. The molecule has 1 saturated heterocycles. The molecule has 0 radical (unpaired) electrons. The normalized spacial score (nSPS) is 15.4. The minimum Gasteiger partial charge on any atom is -0.497 e. The Morgan fingerprint density at radius 2 is 1.48 bits per heavy atom. The maximum absolute atomic E-state index is 5.91. The second kappa shape index (κ2) is 10.6. The van der Waals surface area contributed by atoms with Crippen LogP contribution in [0.5, 0.6) is 11.5 Å². The topological polar surface area (TPSA) is 52.0 Å². The summed E-state index contributed by atoms with van der Waals surface area (Å²) < 4.78 is 18.6. The monoisotopic (exact) mass is 424 g/mol. The average Bonchev–Trinajstić information content (AvgIpc) is 3.22. The molecular formula is C24H32N4O3. The lowest BCUT2D eigenvalue weighted by Crippen LogP contribution is -2.46. The van der Waals surface area contributed by atoms with Crippen molar-refractivity contribution in [3.8, 4) is 11.5 Å². The molecule has 7 heteroatoms. The van der Waals surface area contributed by atoms with Crippen molar-refractivity contribution in [3.05, 3.63) is 54.4 Å². The summed E-state index contributed by atoms with van der Waals surface area (Å²) in [6, 6.07) is 14.3. The average molecular weight is 425 g/mol. The number of hydrogen-bond acceptors (Lipinski definition) is 6. The molecule has 0 N–H and O–H groups in total. The second-order valence-electron chi connectivity index (χ2n) is 7.87. The third kappa shape index (κ3) is 5.76. The smallest absolute Gasteiger partial charge is 0.121 e. The van der Waals surface area contributed by atoms with E-state index in [4.69, 9.17) is 14.2 Å². The van der Waals surface area contributed by atoms with Crippen LogP contribution in [0.25, 0.3) is 11.0 Å². The van der Waals surface area contributed by atoms with Crippen molar-refractivity contribution in [1.82, 2.24) is 19.4 Å². The molecule has 0 aliphatic carbocycles. The molecule has 166 valence electrons. The molecule has 1 aliphatic rings. The Hall–Kier alpha value is -2.61. The lowest BCUT2D eigenvalue weighted by molar-refractivity contribution is 0.0707. The third-order valence-corrected chi connectivity index (χ3v) is 5.89. The number of benzene rings is 2. The molecule has 4 rings (SSSR count). The SMILES string of the molecule is COc1ccc(CN2CCN(CCOCCn3cnc4ccc(OC)cc43)CC2)cc1. The van der Waals surface area contributed by atoms with E-state index in [1.54, 1.807) is 14.2 Å². The summed E-state index contributed by atoms with van der Waals surface area (Å²) in [5.74, 6) is 1.76. The van der Waals surface area contributed by atoms with Crippen LogP contribution < -0.4 is 9.47 Å². The van der Waals surface area contributed by atoms with Gasteiger partial charge in [-0.15, -0.1) is 0 Å². The molecule has 2 heterocycles. The van der Waals surface area contributed by atoms with Crippen LogP contribution in [0.3, 0.4) is 0 Å². The van der Waals surface area contributed by atoms with E-state index in [2.05, 4.69) is 31.5 Å². The van der Waals surface area contributed by atoms with Crippen molar-refractivity contribution in [1.29, 1.82) is 0 Å². The first-order valence-corrected chi connectivity index (χ1v) is 10.9. The summed E-state index contributed by atoms with van der Waals surface area (Å²) in [5.41, 5.74) is 3.39. The summed E-state index contributed by atoms with van der Waals surface area (Å²) in [5, 5.41) is 0. The van der Waals surface area contributed by atoms with Gasteiger partial charge in [-0.1, -0.05) is 12.1 Å². The molecule has 0 amide bonds. The van der Waals surface area contributed by atoms with E-state index in [-0.39, 0.29) is 0 Å². The predicted molar refractivity (Wildman–Crippen MR) is 122 cm³/mol. The van der Waals surface area contributed by atoms with Gasteiger partial charge in [0.05, 0.1) is 44.8 Å². The maximum atomic E-state index is 5.91. The van der Waals surface area contributed by atoms with E-state index in [0.29, 0.717) is 6.61 Å². The van der Waals surface area contributed by atoms with E-state index >= 15 is 0 Å². The highest BCUT2D eigenvalue weighted by Gasteiger charge is 2.16. The zero-order valence-corrected chi connectivity index (χ0v) is 18.5. The molecule has 1 fully saturated rings. The molecule has 2 aromatic carbocycles. The van der Waals surface area contributed by atoms with Gasteiger partial charge in [-0.05, 0) is 29.8 Å². The van der Waals surface area contributed by atoms with E-state index in [9.17, 15) is 0 Å². The minimum atomic E-state index is 0.681. The number of methoxy groups -OCH3 is 2. The Bertz CT molecular complexity index is 949. The molecule has 31 heavy (non-hydrogen) atoms. The first kappa shape index (κ1) is 21.6. The molecule has 7 nitrogen and oxygen atoms in total. The van der Waals surface area contributed by atoms with Crippen LogP contribution in [-0.2, 0) is 17.8 Å². The second-order valence-corrected chi connectivity index (χ2v) is 7.87. The van der Waals surface area contributed by atoms with Crippen molar-refractivity contribution in [2.45, 2.75) is 13.1 Å².